The number of hydrogen-bond donors (Lipinski definition) is 1. The zero-order valence-electron chi connectivity index (χ0n) is 10.4. The second-order valence-electron chi connectivity index (χ2n) is 3.98. The Labute approximate surface area is 114 Å². The summed E-state index contributed by atoms with van der Waals surface area (Å²) in [5, 5.41) is 20.7. The molecule has 0 heterocycles. The number of hydrogen-bond acceptors (Lipinski definition) is 4. The molecule has 0 amide bonds. The van der Waals surface area contributed by atoms with Gasteiger partial charge in [0.25, 0.3) is 0 Å². The van der Waals surface area contributed by atoms with Gasteiger partial charge in [0.05, 0.1) is 17.6 Å². The molecule has 0 radical (unpaired) electrons. The average Bonchev–Trinajstić information content (AvgIpc) is 2.30. The highest BCUT2D eigenvalue weighted by Crippen LogP contribution is 2.37. The van der Waals surface area contributed by atoms with E-state index >= 15 is 0 Å². The first kappa shape index (κ1) is 14.9. The molecule has 0 saturated heterocycles. The van der Waals surface area contributed by atoms with E-state index < -0.39 is 11.0 Å². The van der Waals surface area contributed by atoms with E-state index in [1.54, 1.807) is 13.0 Å². The first-order valence-electron chi connectivity index (χ1n) is 5.76. The van der Waals surface area contributed by atoms with Gasteiger partial charge in [-0.2, -0.15) is 0 Å². The molecule has 0 saturated carbocycles. The molecule has 0 bridgehead atoms. The number of nitro groups is 1. The fourth-order valence-corrected chi connectivity index (χ4v) is 1.99. The van der Waals surface area contributed by atoms with Crippen LogP contribution in [0.1, 0.15) is 38.4 Å². The summed E-state index contributed by atoms with van der Waals surface area (Å²) in [6.07, 6.45) is 0.929. The molecule has 1 aromatic rings. The smallest absolute Gasteiger partial charge is 0.312 e. The minimum atomic E-state index is -0.821. The van der Waals surface area contributed by atoms with Crippen LogP contribution >= 0.6 is 15.9 Å². The molecule has 100 valence electrons. The van der Waals surface area contributed by atoms with Gasteiger partial charge in [0.2, 0.25) is 5.75 Å². The molecule has 1 N–H and O–H groups in total. The second-order valence-corrected chi connectivity index (χ2v) is 4.89. The van der Waals surface area contributed by atoms with Gasteiger partial charge in [-0.25, -0.2) is 0 Å². The van der Waals surface area contributed by atoms with Crippen LogP contribution in [-0.2, 0) is 0 Å². The third-order valence-corrected chi connectivity index (χ3v) is 2.91. The average molecular weight is 318 g/mol. The van der Waals surface area contributed by atoms with Crippen LogP contribution in [0.25, 0.3) is 0 Å². The quantitative estimate of drug-likeness (QED) is 0.494. The van der Waals surface area contributed by atoms with Crippen molar-refractivity contribution < 1.29 is 14.8 Å². The van der Waals surface area contributed by atoms with E-state index in [9.17, 15) is 15.2 Å². The molecule has 0 aromatic heterocycles. The molecule has 0 fully saturated rings. The van der Waals surface area contributed by atoms with E-state index in [1.807, 2.05) is 6.92 Å². The normalized spacial score (nSPS) is 12.2. The van der Waals surface area contributed by atoms with Crippen molar-refractivity contribution >= 4 is 21.6 Å². The Bertz CT molecular complexity index is 434. The Hall–Kier alpha value is -1.14. The summed E-state index contributed by atoms with van der Waals surface area (Å²) in [4.78, 5) is 10.5. The molecule has 1 aromatic carbocycles. The van der Waals surface area contributed by atoms with E-state index in [2.05, 4.69) is 15.9 Å². The number of aliphatic hydroxyl groups excluding tert-OH is 1. The van der Waals surface area contributed by atoms with Gasteiger partial charge < -0.3 is 9.84 Å². The largest absolute Gasteiger partial charge is 0.487 e. The zero-order valence-corrected chi connectivity index (χ0v) is 11.9. The highest BCUT2D eigenvalue weighted by Gasteiger charge is 2.23. The van der Waals surface area contributed by atoms with Crippen molar-refractivity contribution in [1.82, 2.24) is 0 Å². The zero-order chi connectivity index (χ0) is 13.7. The van der Waals surface area contributed by atoms with Crippen LogP contribution in [0.4, 0.5) is 5.69 Å². The Kier molecular flexibility index (Phi) is 5.55. The van der Waals surface area contributed by atoms with Gasteiger partial charge in [0.1, 0.15) is 0 Å². The summed E-state index contributed by atoms with van der Waals surface area (Å²) in [7, 11) is 0. The fourth-order valence-electron chi connectivity index (χ4n) is 1.52. The Morgan fingerprint density at radius 2 is 2.22 bits per heavy atom. The van der Waals surface area contributed by atoms with Crippen molar-refractivity contribution in [1.29, 1.82) is 0 Å². The number of nitrogens with zero attached hydrogens (tertiary/aromatic N) is 1. The standard InChI is InChI=1S/C12H16BrNO4/c1-3-4-5-18-12-10(8(2)15)6-9(13)7-11(12)14(16)17/h6-8,15H,3-5H2,1-2H3. The molecule has 0 aliphatic carbocycles. The third kappa shape index (κ3) is 3.68. The van der Waals surface area contributed by atoms with Crippen LogP contribution in [0, 0.1) is 10.1 Å². The lowest BCUT2D eigenvalue weighted by molar-refractivity contribution is -0.386. The lowest BCUT2D eigenvalue weighted by Gasteiger charge is -2.14. The molecular formula is C12H16BrNO4. The molecule has 0 aliphatic rings. The van der Waals surface area contributed by atoms with Crippen LogP contribution in [-0.4, -0.2) is 16.6 Å². The van der Waals surface area contributed by atoms with E-state index in [-0.39, 0.29) is 11.4 Å². The second kappa shape index (κ2) is 6.70. The van der Waals surface area contributed by atoms with Gasteiger partial charge in [0.15, 0.2) is 0 Å². The van der Waals surface area contributed by atoms with Crippen molar-refractivity contribution in [3.63, 3.8) is 0 Å². The summed E-state index contributed by atoms with van der Waals surface area (Å²) in [6, 6.07) is 3.02. The maximum Gasteiger partial charge on any atom is 0.312 e. The Morgan fingerprint density at radius 3 is 2.72 bits per heavy atom. The van der Waals surface area contributed by atoms with E-state index in [4.69, 9.17) is 4.74 Å². The first-order chi connectivity index (χ1) is 8.47. The molecule has 1 atom stereocenters. The van der Waals surface area contributed by atoms with Crippen molar-refractivity contribution in [2.45, 2.75) is 32.8 Å². The topological polar surface area (TPSA) is 72.6 Å². The summed E-state index contributed by atoms with van der Waals surface area (Å²) < 4.78 is 6.01. The van der Waals surface area contributed by atoms with Crippen molar-refractivity contribution in [2.24, 2.45) is 0 Å². The van der Waals surface area contributed by atoms with Gasteiger partial charge in [0, 0.05) is 16.1 Å². The van der Waals surface area contributed by atoms with Crippen LogP contribution in [0.5, 0.6) is 5.75 Å². The molecule has 0 spiro atoms. The number of unbranched alkanes of at least 4 members (excludes halogenated alkanes) is 1. The summed E-state index contributed by atoms with van der Waals surface area (Å²) in [6.45, 7) is 3.96. The van der Waals surface area contributed by atoms with Crippen LogP contribution < -0.4 is 4.74 Å². The SMILES string of the molecule is CCCCOc1c(C(C)O)cc(Br)cc1[N+](=O)[O-]. The van der Waals surface area contributed by atoms with Crippen molar-refractivity contribution in [3.05, 3.63) is 32.3 Å². The molecule has 5 nitrogen and oxygen atoms in total. The minimum Gasteiger partial charge on any atom is -0.487 e. The third-order valence-electron chi connectivity index (χ3n) is 2.45. The monoisotopic (exact) mass is 317 g/mol. The lowest BCUT2D eigenvalue weighted by atomic mass is 10.1. The molecular weight excluding hydrogens is 302 g/mol. The van der Waals surface area contributed by atoms with E-state index in [1.165, 1.54) is 6.07 Å². The molecule has 1 unspecified atom stereocenters. The Balaban J connectivity index is 3.18. The van der Waals surface area contributed by atoms with Crippen LogP contribution in [0.3, 0.4) is 0 Å². The summed E-state index contributed by atoms with van der Waals surface area (Å²) in [5.74, 6) is 0.159. The maximum absolute atomic E-state index is 11.0. The maximum atomic E-state index is 11.0. The Morgan fingerprint density at radius 1 is 1.56 bits per heavy atom. The van der Waals surface area contributed by atoms with Crippen LogP contribution in [0.2, 0.25) is 0 Å². The van der Waals surface area contributed by atoms with Gasteiger partial charge >= 0.3 is 5.69 Å². The van der Waals surface area contributed by atoms with Crippen molar-refractivity contribution in [2.75, 3.05) is 6.61 Å². The molecule has 0 aliphatic heterocycles. The van der Waals surface area contributed by atoms with Gasteiger partial charge in [-0.15, -0.1) is 0 Å². The number of aliphatic hydroxyl groups is 1. The predicted octanol–water partition coefficient (Wildman–Crippen LogP) is 3.59. The number of ether oxygens (including phenoxy) is 1. The highest BCUT2D eigenvalue weighted by atomic mass is 79.9. The van der Waals surface area contributed by atoms with E-state index in [0.717, 1.165) is 12.8 Å². The lowest BCUT2D eigenvalue weighted by Crippen LogP contribution is -2.05. The number of benzene rings is 1. The number of halogens is 1. The first-order valence-corrected chi connectivity index (χ1v) is 6.55. The van der Waals surface area contributed by atoms with Gasteiger partial charge in [-0.05, 0) is 19.4 Å². The fraction of sp³-hybridized carbons (Fsp3) is 0.500. The highest BCUT2D eigenvalue weighted by molar-refractivity contribution is 9.10. The molecule has 18 heavy (non-hydrogen) atoms. The summed E-state index contributed by atoms with van der Waals surface area (Å²) in [5.41, 5.74) is 0.295. The predicted molar refractivity (Wildman–Crippen MR) is 71.8 cm³/mol. The number of nitro benzene ring substituents is 1. The summed E-state index contributed by atoms with van der Waals surface area (Å²) >= 11 is 3.19. The van der Waals surface area contributed by atoms with Gasteiger partial charge in [-0.1, -0.05) is 29.3 Å². The van der Waals surface area contributed by atoms with Crippen molar-refractivity contribution in [3.8, 4) is 5.75 Å². The molecule has 1 rings (SSSR count). The minimum absolute atomic E-state index is 0.128. The van der Waals surface area contributed by atoms with E-state index in [0.29, 0.717) is 16.6 Å². The molecule has 6 heteroatoms. The van der Waals surface area contributed by atoms with Crippen LogP contribution in [0.15, 0.2) is 16.6 Å². The number of rotatable bonds is 6. The van der Waals surface area contributed by atoms with Gasteiger partial charge in [-0.3, -0.25) is 10.1 Å².